The number of benzene rings is 1. The number of anilines is 2. The summed E-state index contributed by atoms with van der Waals surface area (Å²) in [7, 11) is 0. The van der Waals surface area contributed by atoms with E-state index in [1.807, 2.05) is 4.90 Å². The maximum absolute atomic E-state index is 14.5. The molecule has 142 valence electrons. The molecule has 2 aliphatic heterocycles. The number of rotatable bonds is 7. The lowest BCUT2D eigenvalue weighted by molar-refractivity contribution is -0.116. The molecule has 1 amide bonds. The van der Waals surface area contributed by atoms with Crippen LogP contribution < -0.4 is 15.1 Å². The largest absolute Gasteiger partial charge is 0.443 e. The Bertz CT molecular complexity index is 664. The van der Waals surface area contributed by atoms with Gasteiger partial charge in [0, 0.05) is 32.6 Å². The average molecular weight is 365 g/mol. The second kappa shape index (κ2) is 8.46. The van der Waals surface area contributed by atoms with Crippen molar-refractivity contribution in [2.75, 3.05) is 55.7 Å². The van der Waals surface area contributed by atoms with Crippen LogP contribution in [-0.2, 0) is 14.3 Å². The van der Waals surface area contributed by atoms with Gasteiger partial charge in [0.2, 0.25) is 0 Å². The summed E-state index contributed by atoms with van der Waals surface area (Å²) in [6, 6.07) is 4.81. The van der Waals surface area contributed by atoms with E-state index in [9.17, 15) is 14.0 Å². The lowest BCUT2D eigenvalue weighted by Crippen LogP contribution is -2.36. The van der Waals surface area contributed by atoms with Gasteiger partial charge in [0.1, 0.15) is 17.7 Å². The van der Waals surface area contributed by atoms with Gasteiger partial charge in [-0.15, -0.1) is 0 Å². The highest BCUT2D eigenvalue weighted by Gasteiger charge is 2.32. The monoisotopic (exact) mass is 365 g/mol. The van der Waals surface area contributed by atoms with Gasteiger partial charge < -0.3 is 19.7 Å². The molecule has 2 heterocycles. The van der Waals surface area contributed by atoms with E-state index >= 15 is 0 Å². The van der Waals surface area contributed by atoms with Crippen LogP contribution in [0.1, 0.15) is 13.3 Å². The normalized spacial score (nSPS) is 20.4. The number of nitrogens with zero attached hydrogens (tertiary/aromatic N) is 2. The van der Waals surface area contributed by atoms with Crippen LogP contribution in [0.3, 0.4) is 0 Å². The second-order valence-corrected chi connectivity index (χ2v) is 6.51. The third-order valence-corrected chi connectivity index (χ3v) is 4.49. The summed E-state index contributed by atoms with van der Waals surface area (Å²) in [5.74, 6) is -0.251. The standard InChI is InChI=1S/C18H24FN3O4/c1-13(23)4-5-20-11-15-12-22(18(24)26-15)14-2-3-17(16(19)10-14)21-6-8-25-9-7-21/h2-3,10,15,20H,4-9,11-12H2,1H3/t15-/m0/s1. The maximum Gasteiger partial charge on any atom is 0.414 e. The van der Waals surface area contributed by atoms with E-state index < -0.39 is 6.09 Å². The van der Waals surface area contributed by atoms with Gasteiger partial charge in [-0.05, 0) is 25.1 Å². The van der Waals surface area contributed by atoms with Gasteiger partial charge in [0.25, 0.3) is 0 Å². The highest BCUT2D eigenvalue weighted by molar-refractivity contribution is 5.90. The molecule has 0 aliphatic carbocycles. The summed E-state index contributed by atoms with van der Waals surface area (Å²) in [6.07, 6.45) is -0.364. The third kappa shape index (κ3) is 4.50. The number of Topliss-reactive ketones (excluding diaryl/α,β-unsaturated/α-hetero) is 1. The number of amides is 1. The Balaban J connectivity index is 1.59. The molecule has 1 aromatic rings. The molecule has 2 saturated heterocycles. The molecule has 26 heavy (non-hydrogen) atoms. The lowest BCUT2D eigenvalue weighted by atomic mass is 10.2. The van der Waals surface area contributed by atoms with Crippen molar-refractivity contribution in [3.05, 3.63) is 24.0 Å². The minimum Gasteiger partial charge on any atom is -0.443 e. The first-order valence-corrected chi connectivity index (χ1v) is 8.85. The van der Waals surface area contributed by atoms with E-state index in [4.69, 9.17) is 9.47 Å². The predicted molar refractivity (Wildman–Crippen MR) is 95.2 cm³/mol. The maximum atomic E-state index is 14.5. The molecule has 2 fully saturated rings. The van der Waals surface area contributed by atoms with E-state index in [-0.39, 0.29) is 17.7 Å². The van der Waals surface area contributed by atoms with Crippen LogP contribution in [0.2, 0.25) is 0 Å². The molecule has 0 unspecified atom stereocenters. The van der Waals surface area contributed by atoms with Crippen LogP contribution in [0.25, 0.3) is 0 Å². The Morgan fingerprint density at radius 2 is 2.12 bits per heavy atom. The zero-order valence-electron chi connectivity index (χ0n) is 14.9. The summed E-state index contributed by atoms with van der Waals surface area (Å²) in [5, 5.41) is 3.10. The van der Waals surface area contributed by atoms with Gasteiger partial charge in [-0.1, -0.05) is 0 Å². The lowest BCUT2D eigenvalue weighted by Gasteiger charge is -2.29. The van der Waals surface area contributed by atoms with Crippen molar-refractivity contribution in [1.29, 1.82) is 0 Å². The quantitative estimate of drug-likeness (QED) is 0.740. The fourth-order valence-electron chi connectivity index (χ4n) is 3.09. The molecular formula is C18H24FN3O4. The van der Waals surface area contributed by atoms with Crippen molar-refractivity contribution in [2.45, 2.75) is 19.4 Å². The van der Waals surface area contributed by atoms with Gasteiger partial charge in [-0.25, -0.2) is 9.18 Å². The van der Waals surface area contributed by atoms with E-state index in [1.54, 1.807) is 12.1 Å². The van der Waals surface area contributed by atoms with E-state index in [0.717, 1.165) is 0 Å². The number of ketones is 1. The predicted octanol–water partition coefficient (Wildman–Crippen LogP) is 1.56. The van der Waals surface area contributed by atoms with Gasteiger partial charge >= 0.3 is 6.09 Å². The molecule has 1 N–H and O–H groups in total. The summed E-state index contributed by atoms with van der Waals surface area (Å²) < 4.78 is 25.1. The van der Waals surface area contributed by atoms with Gasteiger partial charge in [-0.2, -0.15) is 0 Å². The number of ether oxygens (including phenoxy) is 2. The third-order valence-electron chi connectivity index (χ3n) is 4.49. The minimum absolute atomic E-state index is 0.110. The van der Waals surface area contributed by atoms with Crippen LogP contribution in [0.5, 0.6) is 0 Å². The summed E-state index contributed by atoms with van der Waals surface area (Å²) in [5.41, 5.74) is 1.00. The molecule has 8 heteroatoms. The highest BCUT2D eigenvalue weighted by atomic mass is 19.1. The van der Waals surface area contributed by atoms with Gasteiger partial charge in [0.05, 0.1) is 31.1 Å². The topological polar surface area (TPSA) is 71.1 Å². The summed E-state index contributed by atoms with van der Waals surface area (Å²) >= 11 is 0. The number of nitrogens with one attached hydrogen (secondary N) is 1. The summed E-state index contributed by atoms with van der Waals surface area (Å²) in [6.45, 7) is 5.36. The average Bonchev–Trinajstić information content (AvgIpc) is 3.00. The highest BCUT2D eigenvalue weighted by Crippen LogP contribution is 2.28. The number of hydrogen-bond donors (Lipinski definition) is 1. The first kappa shape index (κ1) is 18.6. The number of hydrogen-bond acceptors (Lipinski definition) is 6. The fourth-order valence-corrected chi connectivity index (χ4v) is 3.09. The molecule has 0 saturated carbocycles. The SMILES string of the molecule is CC(=O)CCNC[C@H]1CN(c2ccc(N3CCOCC3)c(F)c2)C(=O)O1. The first-order chi connectivity index (χ1) is 12.5. The molecule has 0 spiro atoms. The Morgan fingerprint density at radius 1 is 1.35 bits per heavy atom. The van der Waals surface area contributed by atoms with Crippen molar-refractivity contribution in [3.8, 4) is 0 Å². The molecule has 1 atom stereocenters. The van der Waals surface area contributed by atoms with E-state index in [0.29, 0.717) is 63.7 Å². The minimum atomic E-state index is -0.484. The molecule has 7 nitrogen and oxygen atoms in total. The van der Waals surface area contributed by atoms with Crippen molar-refractivity contribution in [1.82, 2.24) is 5.32 Å². The Labute approximate surface area is 152 Å². The van der Waals surface area contributed by atoms with Crippen LogP contribution in [0.15, 0.2) is 18.2 Å². The smallest absolute Gasteiger partial charge is 0.414 e. The number of carbonyl (C=O) groups excluding carboxylic acids is 2. The second-order valence-electron chi connectivity index (χ2n) is 6.51. The van der Waals surface area contributed by atoms with Crippen molar-refractivity contribution in [3.63, 3.8) is 0 Å². The number of carbonyl (C=O) groups is 2. The number of cyclic esters (lactones) is 1. The molecule has 1 aromatic carbocycles. The Morgan fingerprint density at radius 3 is 2.81 bits per heavy atom. The first-order valence-electron chi connectivity index (χ1n) is 8.85. The molecule has 3 rings (SSSR count). The van der Waals surface area contributed by atoms with E-state index in [1.165, 1.54) is 17.9 Å². The van der Waals surface area contributed by atoms with E-state index in [2.05, 4.69) is 5.32 Å². The van der Waals surface area contributed by atoms with Crippen LogP contribution in [0, 0.1) is 5.82 Å². The van der Waals surface area contributed by atoms with Crippen LogP contribution in [0.4, 0.5) is 20.6 Å². The zero-order valence-corrected chi connectivity index (χ0v) is 14.9. The van der Waals surface area contributed by atoms with Crippen LogP contribution >= 0.6 is 0 Å². The van der Waals surface area contributed by atoms with Gasteiger partial charge in [0.15, 0.2) is 0 Å². The zero-order chi connectivity index (χ0) is 18.5. The summed E-state index contributed by atoms with van der Waals surface area (Å²) in [4.78, 5) is 26.4. The molecule has 0 aromatic heterocycles. The number of halogens is 1. The molecule has 2 aliphatic rings. The Kier molecular flexibility index (Phi) is 6.05. The Hall–Kier alpha value is -2.19. The van der Waals surface area contributed by atoms with Crippen molar-refractivity contribution in [2.24, 2.45) is 0 Å². The van der Waals surface area contributed by atoms with Gasteiger partial charge in [-0.3, -0.25) is 9.69 Å². The van der Waals surface area contributed by atoms with Crippen molar-refractivity contribution >= 4 is 23.3 Å². The van der Waals surface area contributed by atoms with Crippen LogP contribution in [-0.4, -0.2) is 63.9 Å². The fraction of sp³-hybridized carbons (Fsp3) is 0.556. The molecule has 0 radical (unpaired) electrons. The molecule has 0 bridgehead atoms. The number of morpholine rings is 1. The van der Waals surface area contributed by atoms with Crippen molar-refractivity contribution < 1.29 is 23.5 Å². The molecular weight excluding hydrogens is 341 g/mol.